The minimum Gasteiger partial charge on any atom is -0.492 e. The number of ketones is 2. The Labute approximate surface area is 171 Å². The number of Topliss-reactive ketones (excluding diaryl/α,β-unsaturated/α-hetero) is 2. The Morgan fingerprint density at radius 2 is 1.67 bits per heavy atom. The molecule has 0 saturated carbocycles. The Balaban J connectivity index is 1.74. The molecular weight excluding hydrogens is 404 g/mol. The third-order valence-corrected chi connectivity index (χ3v) is 5.33. The molecule has 27 heavy (non-hydrogen) atoms. The van der Waals surface area contributed by atoms with E-state index in [0.29, 0.717) is 12.2 Å². The van der Waals surface area contributed by atoms with Crippen molar-refractivity contribution in [3.63, 3.8) is 0 Å². The van der Waals surface area contributed by atoms with E-state index >= 15 is 0 Å². The molecule has 3 nitrogen and oxygen atoms in total. The van der Waals surface area contributed by atoms with Crippen LogP contribution in [0.3, 0.4) is 0 Å². The molecule has 0 amide bonds. The van der Waals surface area contributed by atoms with Crippen LogP contribution in [0.15, 0.2) is 47.0 Å². The lowest BCUT2D eigenvalue weighted by molar-refractivity contribution is -0.119. The van der Waals surface area contributed by atoms with Crippen LogP contribution in [-0.2, 0) is 4.79 Å². The Morgan fingerprint density at radius 1 is 1.00 bits per heavy atom. The molecule has 1 aliphatic rings. The molecule has 0 aromatic heterocycles. The third-order valence-electron chi connectivity index (χ3n) is 4.71. The lowest BCUT2D eigenvalue weighted by Crippen LogP contribution is -2.14. The zero-order chi connectivity index (χ0) is 19.5. The normalized spacial score (nSPS) is 13.3. The van der Waals surface area contributed by atoms with Gasteiger partial charge in [-0.2, -0.15) is 0 Å². The summed E-state index contributed by atoms with van der Waals surface area (Å²) in [5.74, 6) is 0.251. The van der Waals surface area contributed by atoms with Gasteiger partial charge in [0.1, 0.15) is 5.75 Å². The average Bonchev–Trinajstić information content (AvgIpc) is 3.19. The Bertz CT molecular complexity index is 679. The number of halogens is 1. The molecule has 0 N–H and O–H groups in total. The van der Waals surface area contributed by atoms with Crippen LogP contribution < -0.4 is 4.74 Å². The SMILES string of the molecule is CCCCCCCCCOc1ccc(C(=O)CC(=O)C2C=CC=C2)cc1Br. The van der Waals surface area contributed by atoms with Gasteiger partial charge in [-0.3, -0.25) is 9.59 Å². The summed E-state index contributed by atoms with van der Waals surface area (Å²) in [7, 11) is 0. The number of unbranched alkanes of at least 4 members (excludes halogenated alkanes) is 6. The minimum atomic E-state index is -0.262. The first-order valence-corrected chi connectivity index (χ1v) is 10.7. The van der Waals surface area contributed by atoms with E-state index in [1.165, 1.54) is 38.5 Å². The molecule has 4 heteroatoms. The van der Waals surface area contributed by atoms with Crippen LogP contribution in [0.1, 0.15) is 68.6 Å². The van der Waals surface area contributed by atoms with Crippen LogP contribution in [-0.4, -0.2) is 18.2 Å². The fraction of sp³-hybridized carbons (Fsp3) is 0.478. The van der Waals surface area contributed by atoms with Gasteiger partial charge < -0.3 is 4.74 Å². The van der Waals surface area contributed by atoms with E-state index in [4.69, 9.17) is 4.74 Å². The number of benzene rings is 1. The van der Waals surface area contributed by atoms with E-state index in [0.717, 1.165) is 16.6 Å². The van der Waals surface area contributed by atoms with E-state index in [1.807, 2.05) is 24.3 Å². The molecule has 146 valence electrons. The van der Waals surface area contributed by atoms with E-state index in [2.05, 4.69) is 22.9 Å². The van der Waals surface area contributed by atoms with E-state index in [1.54, 1.807) is 18.2 Å². The lowest BCUT2D eigenvalue weighted by atomic mass is 9.98. The summed E-state index contributed by atoms with van der Waals surface area (Å²) in [6, 6.07) is 5.29. The molecule has 0 fully saturated rings. The Kier molecular flexibility index (Phi) is 9.54. The summed E-state index contributed by atoms with van der Waals surface area (Å²) in [6.07, 6.45) is 15.9. The number of ether oxygens (including phenoxy) is 1. The number of carbonyl (C=O) groups excluding carboxylic acids is 2. The molecule has 1 aromatic carbocycles. The highest BCUT2D eigenvalue weighted by atomic mass is 79.9. The highest BCUT2D eigenvalue weighted by molar-refractivity contribution is 9.10. The van der Waals surface area contributed by atoms with Gasteiger partial charge in [-0.25, -0.2) is 0 Å². The molecule has 0 heterocycles. The smallest absolute Gasteiger partial charge is 0.170 e. The van der Waals surface area contributed by atoms with Crippen LogP contribution in [0, 0.1) is 5.92 Å². The summed E-state index contributed by atoms with van der Waals surface area (Å²) in [6.45, 7) is 2.91. The van der Waals surface area contributed by atoms with E-state index in [-0.39, 0.29) is 23.9 Å². The first-order valence-electron chi connectivity index (χ1n) is 9.95. The first kappa shape index (κ1) is 21.6. The predicted molar refractivity (Wildman–Crippen MR) is 113 cm³/mol. The van der Waals surface area contributed by atoms with Gasteiger partial charge in [0.05, 0.1) is 23.4 Å². The van der Waals surface area contributed by atoms with Crippen molar-refractivity contribution < 1.29 is 14.3 Å². The van der Waals surface area contributed by atoms with Crippen LogP contribution in [0.2, 0.25) is 0 Å². The quantitative estimate of drug-likeness (QED) is 0.204. The number of hydrogen-bond acceptors (Lipinski definition) is 3. The van der Waals surface area contributed by atoms with Gasteiger partial charge in [-0.05, 0) is 40.5 Å². The Morgan fingerprint density at radius 3 is 2.33 bits per heavy atom. The van der Waals surface area contributed by atoms with Crippen LogP contribution in [0.4, 0.5) is 0 Å². The molecule has 1 aromatic rings. The number of rotatable bonds is 13. The summed E-state index contributed by atoms with van der Waals surface area (Å²) in [4.78, 5) is 24.5. The molecule has 0 aliphatic heterocycles. The molecule has 2 rings (SSSR count). The Hall–Kier alpha value is -1.68. The highest BCUT2D eigenvalue weighted by Gasteiger charge is 2.19. The molecule has 0 saturated heterocycles. The van der Waals surface area contributed by atoms with Gasteiger partial charge in [0.2, 0.25) is 0 Å². The van der Waals surface area contributed by atoms with Crippen LogP contribution >= 0.6 is 15.9 Å². The minimum absolute atomic E-state index is 0.0691. The van der Waals surface area contributed by atoms with Crippen molar-refractivity contribution in [1.82, 2.24) is 0 Å². The maximum atomic E-state index is 12.4. The first-order chi connectivity index (χ1) is 13.1. The van der Waals surface area contributed by atoms with Crippen molar-refractivity contribution in [1.29, 1.82) is 0 Å². The van der Waals surface area contributed by atoms with Gasteiger partial charge in [0, 0.05) is 5.56 Å². The van der Waals surface area contributed by atoms with Gasteiger partial charge >= 0.3 is 0 Å². The second-order valence-corrected chi connectivity index (χ2v) is 7.83. The summed E-state index contributed by atoms with van der Waals surface area (Å²) in [5.41, 5.74) is 0.532. The number of carbonyl (C=O) groups is 2. The summed E-state index contributed by atoms with van der Waals surface area (Å²) >= 11 is 3.47. The van der Waals surface area contributed by atoms with Crippen LogP contribution in [0.5, 0.6) is 5.75 Å². The van der Waals surface area contributed by atoms with Gasteiger partial charge in [0.25, 0.3) is 0 Å². The van der Waals surface area contributed by atoms with Crippen molar-refractivity contribution in [2.24, 2.45) is 5.92 Å². The molecule has 0 bridgehead atoms. The maximum Gasteiger partial charge on any atom is 0.170 e. The molecule has 0 unspecified atom stereocenters. The number of hydrogen-bond donors (Lipinski definition) is 0. The van der Waals surface area contributed by atoms with Gasteiger partial charge in [0.15, 0.2) is 11.6 Å². The standard InChI is InChI=1S/C23H29BrO3/c1-2-3-4-5-6-7-10-15-27-23-14-13-19(16-20(23)24)22(26)17-21(25)18-11-8-9-12-18/h8-9,11-14,16,18H,2-7,10,15,17H2,1H3. The van der Waals surface area contributed by atoms with Gasteiger partial charge in [-0.15, -0.1) is 0 Å². The fourth-order valence-corrected chi connectivity index (χ4v) is 3.55. The van der Waals surface area contributed by atoms with Crippen molar-refractivity contribution >= 4 is 27.5 Å². The predicted octanol–water partition coefficient (Wildman–Crippen LogP) is 6.46. The average molecular weight is 433 g/mol. The molecule has 0 atom stereocenters. The monoisotopic (exact) mass is 432 g/mol. The lowest BCUT2D eigenvalue weighted by Gasteiger charge is -2.10. The van der Waals surface area contributed by atoms with Gasteiger partial charge in [-0.1, -0.05) is 69.8 Å². The van der Waals surface area contributed by atoms with Crippen molar-refractivity contribution in [3.8, 4) is 5.75 Å². The largest absolute Gasteiger partial charge is 0.492 e. The second-order valence-electron chi connectivity index (χ2n) is 6.98. The molecule has 1 aliphatic carbocycles. The summed E-state index contributed by atoms with van der Waals surface area (Å²) in [5, 5.41) is 0. The second kappa shape index (κ2) is 11.9. The van der Waals surface area contributed by atoms with Crippen molar-refractivity contribution in [3.05, 3.63) is 52.5 Å². The van der Waals surface area contributed by atoms with Crippen molar-refractivity contribution in [2.45, 2.75) is 58.3 Å². The van der Waals surface area contributed by atoms with Crippen molar-refractivity contribution in [2.75, 3.05) is 6.61 Å². The highest BCUT2D eigenvalue weighted by Crippen LogP contribution is 2.27. The maximum absolute atomic E-state index is 12.4. The summed E-state index contributed by atoms with van der Waals surface area (Å²) < 4.78 is 6.57. The van der Waals surface area contributed by atoms with E-state index < -0.39 is 0 Å². The molecular formula is C23H29BrO3. The topological polar surface area (TPSA) is 43.4 Å². The van der Waals surface area contributed by atoms with Crippen LogP contribution in [0.25, 0.3) is 0 Å². The van der Waals surface area contributed by atoms with E-state index in [9.17, 15) is 9.59 Å². The zero-order valence-electron chi connectivity index (χ0n) is 16.1. The zero-order valence-corrected chi connectivity index (χ0v) is 17.7. The fourth-order valence-electron chi connectivity index (χ4n) is 3.06. The number of allylic oxidation sites excluding steroid dienone is 4. The third kappa shape index (κ3) is 7.45. The molecule has 0 spiro atoms. The molecule has 0 radical (unpaired) electrons.